The van der Waals surface area contributed by atoms with E-state index in [1.807, 2.05) is 51.1 Å². The van der Waals surface area contributed by atoms with Crippen LogP contribution < -0.4 is 0 Å². The molecule has 0 amide bonds. The standard InChI is InChI=1S/C24H25FNO2P/c1-15(2)23-22(17(4)29(27)28-5)21(18-11-13-20(25)14-12-18)16(3)24(26-23)19-9-7-6-8-10-19/h6-15,29H,4H2,1-3,5H3. The highest BCUT2D eigenvalue weighted by molar-refractivity contribution is 7.51. The molecule has 29 heavy (non-hydrogen) atoms. The number of aromatic nitrogens is 1. The Morgan fingerprint density at radius 1 is 1.07 bits per heavy atom. The Bertz CT molecular complexity index is 1060. The number of hydrogen-bond acceptors (Lipinski definition) is 3. The van der Waals surface area contributed by atoms with Gasteiger partial charge in [0.15, 0.2) is 0 Å². The number of benzene rings is 2. The Labute approximate surface area is 172 Å². The summed E-state index contributed by atoms with van der Waals surface area (Å²) in [6, 6.07) is 16.3. The lowest BCUT2D eigenvalue weighted by atomic mass is 9.88. The van der Waals surface area contributed by atoms with Crippen molar-refractivity contribution in [3.63, 3.8) is 0 Å². The zero-order valence-electron chi connectivity index (χ0n) is 17.1. The van der Waals surface area contributed by atoms with E-state index in [2.05, 4.69) is 6.58 Å². The number of nitrogens with zero attached hydrogens (tertiary/aromatic N) is 1. The van der Waals surface area contributed by atoms with Crippen molar-refractivity contribution in [3.8, 4) is 22.4 Å². The molecule has 2 aromatic carbocycles. The van der Waals surface area contributed by atoms with Gasteiger partial charge in [-0.2, -0.15) is 0 Å². The van der Waals surface area contributed by atoms with Gasteiger partial charge in [-0.3, -0.25) is 9.55 Å². The summed E-state index contributed by atoms with van der Waals surface area (Å²) >= 11 is 0. The lowest BCUT2D eigenvalue weighted by molar-refractivity contribution is 0.424. The maximum Gasteiger partial charge on any atom is 0.220 e. The summed E-state index contributed by atoms with van der Waals surface area (Å²) < 4.78 is 31.3. The molecule has 0 fully saturated rings. The lowest BCUT2D eigenvalue weighted by Crippen LogP contribution is -2.06. The fraction of sp³-hybridized carbons (Fsp3) is 0.208. The summed E-state index contributed by atoms with van der Waals surface area (Å²) in [6.45, 7) is 10.2. The largest absolute Gasteiger partial charge is 0.331 e. The minimum absolute atomic E-state index is 0.0654. The molecule has 0 aliphatic heterocycles. The van der Waals surface area contributed by atoms with Crippen LogP contribution in [0.15, 0.2) is 61.2 Å². The first-order chi connectivity index (χ1) is 13.8. The molecule has 0 aliphatic carbocycles. The summed E-state index contributed by atoms with van der Waals surface area (Å²) in [5, 5.41) is 0.427. The van der Waals surface area contributed by atoms with Gasteiger partial charge in [0.05, 0.1) is 11.4 Å². The summed E-state index contributed by atoms with van der Waals surface area (Å²) in [5.74, 6) is -0.241. The van der Waals surface area contributed by atoms with Gasteiger partial charge < -0.3 is 4.52 Å². The second kappa shape index (κ2) is 8.86. The zero-order valence-corrected chi connectivity index (χ0v) is 18.1. The molecule has 5 heteroatoms. The second-order valence-electron chi connectivity index (χ2n) is 7.22. The first-order valence-corrected chi connectivity index (χ1v) is 10.8. The number of pyridine rings is 1. The smallest absolute Gasteiger partial charge is 0.220 e. The van der Waals surface area contributed by atoms with E-state index >= 15 is 0 Å². The average Bonchev–Trinajstić information content (AvgIpc) is 2.73. The Morgan fingerprint density at radius 3 is 2.24 bits per heavy atom. The third-order valence-electron chi connectivity index (χ3n) is 4.93. The first-order valence-electron chi connectivity index (χ1n) is 9.48. The van der Waals surface area contributed by atoms with Crippen molar-refractivity contribution in [1.82, 2.24) is 4.98 Å². The van der Waals surface area contributed by atoms with Crippen molar-refractivity contribution in [3.05, 3.63) is 83.8 Å². The van der Waals surface area contributed by atoms with Gasteiger partial charge in [0.25, 0.3) is 0 Å². The normalized spacial score (nSPS) is 12.2. The van der Waals surface area contributed by atoms with Crippen molar-refractivity contribution in [2.24, 2.45) is 0 Å². The van der Waals surface area contributed by atoms with E-state index in [1.165, 1.54) is 19.2 Å². The van der Waals surface area contributed by atoms with Crippen molar-refractivity contribution >= 4 is 13.3 Å². The second-order valence-corrected chi connectivity index (χ2v) is 8.81. The van der Waals surface area contributed by atoms with E-state index in [4.69, 9.17) is 9.51 Å². The predicted molar refractivity (Wildman–Crippen MR) is 119 cm³/mol. The van der Waals surface area contributed by atoms with E-state index < -0.39 is 8.03 Å². The highest BCUT2D eigenvalue weighted by Crippen LogP contribution is 2.47. The molecule has 1 heterocycles. The fourth-order valence-corrected chi connectivity index (χ4v) is 4.20. The number of halogens is 1. The molecule has 1 atom stereocenters. The van der Waals surface area contributed by atoms with E-state index in [-0.39, 0.29) is 11.7 Å². The van der Waals surface area contributed by atoms with Crippen molar-refractivity contribution in [2.75, 3.05) is 7.11 Å². The SMILES string of the molecule is C=C(c1c(C(C)C)nc(-c2ccccc2)c(C)c1-c1ccc(F)cc1)[PH](=O)OC. The van der Waals surface area contributed by atoms with Gasteiger partial charge in [0.1, 0.15) is 5.82 Å². The monoisotopic (exact) mass is 409 g/mol. The van der Waals surface area contributed by atoms with Gasteiger partial charge >= 0.3 is 0 Å². The minimum Gasteiger partial charge on any atom is -0.331 e. The Hall–Kier alpha value is -2.55. The molecule has 1 aromatic heterocycles. The molecule has 1 unspecified atom stereocenters. The van der Waals surface area contributed by atoms with Gasteiger partial charge in [-0.1, -0.05) is 62.9 Å². The summed E-state index contributed by atoms with van der Waals surface area (Å²) in [5.41, 5.74) is 5.99. The summed E-state index contributed by atoms with van der Waals surface area (Å²) in [6.07, 6.45) is 0. The lowest BCUT2D eigenvalue weighted by Gasteiger charge is -2.23. The van der Waals surface area contributed by atoms with Gasteiger partial charge in [-0.15, -0.1) is 0 Å². The van der Waals surface area contributed by atoms with Crippen LogP contribution >= 0.6 is 8.03 Å². The minimum atomic E-state index is -2.50. The van der Waals surface area contributed by atoms with Gasteiger partial charge in [0, 0.05) is 23.6 Å². The van der Waals surface area contributed by atoms with Crippen LogP contribution in [0.3, 0.4) is 0 Å². The van der Waals surface area contributed by atoms with Crippen LogP contribution in [0.4, 0.5) is 4.39 Å². The van der Waals surface area contributed by atoms with Crippen molar-refractivity contribution in [2.45, 2.75) is 26.7 Å². The number of rotatable bonds is 6. The molecule has 0 N–H and O–H groups in total. The van der Waals surface area contributed by atoms with Crippen LogP contribution in [0.25, 0.3) is 27.7 Å². The Kier molecular flexibility index (Phi) is 6.46. The van der Waals surface area contributed by atoms with Crippen LogP contribution in [0.5, 0.6) is 0 Å². The molecule has 0 aliphatic rings. The average molecular weight is 409 g/mol. The van der Waals surface area contributed by atoms with Gasteiger partial charge in [-0.05, 0) is 41.7 Å². The van der Waals surface area contributed by atoms with Crippen molar-refractivity contribution in [1.29, 1.82) is 0 Å². The van der Waals surface area contributed by atoms with Crippen LogP contribution in [0, 0.1) is 12.7 Å². The van der Waals surface area contributed by atoms with Crippen LogP contribution in [-0.4, -0.2) is 12.1 Å². The van der Waals surface area contributed by atoms with Gasteiger partial charge in [-0.25, -0.2) is 4.39 Å². The predicted octanol–water partition coefficient (Wildman–Crippen LogP) is 7.08. The van der Waals surface area contributed by atoms with Crippen LogP contribution in [-0.2, 0) is 9.09 Å². The topological polar surface area (TPSA) is 39.2 Å². The molecule has 0 saturated heterocycles. The molecule has 150 valence electrons. The molecule has 0 radical (unpaired) electrons. The van der Waals surface area contributed by atoms with Crippen LogP contribution in [0.2, 0.25) is 0 Å². The molecule has 0 bridgehead atoms. The van der Waals surface area contributed by atoms with Gasteiger partial charge in [0.2, 0.25) is 8.03 Å². The third-order valence-corrected chi connectivity index (χ3v) is 6.04. The molecule has 3 aromatic rings. The maximum atomic E-state index is 13.6. The molecular weight excluding hydrogens is 384 g/mol. The molecule has 3 nitrogen and oxygen atoms in total. The maximum absolute atomic E-state index is 13.6. The van der Waals surface area contributed by atoms with Crippen LogP contribution in [0.1, 0.15) is 36.6 Å². The number of hydrogen-bond donors (Lipinski definition) is 0. The van der Waals surface area contributed by atoms with E-state index in [1.54, 1.807) is 12.1 Å². The highest BCUT2D eigenvalue weighted by atomic mass is 31.1. The molecular formula is C24H25FNO2P. The molecule has 0 spiro atoms. The highest BCUT2D eigenvalue weighted by Gasteiger charge is 2.25. The summed E-state index contributed by atoms with van der Waals surface area (Å²) in [4.78, 5) is 4.97. The van der Waals surface area contributed by atoms with E-state index in [9.17, 15) is 8.96 Å². The fourth-order valence-electron chi connectivity index (χ4n) is 3.50. The molecule has 0 saturated carbocycles. The molecule has 3 rings (SSSR count). The zero-order chi connectivity index (χ0) is 21.1. The Morgan fingerprint density at radius 2 is 1.69 bits per heavy atom. The third kappa shape index (κ3) is 4.24. The quantitative estimate of drug-likeness (QED) is 0.408. The van der Waals surface area contributed by atoms with E-state index in [0.29, 0.717) is 5.31 Å². The van der Waals surface area contributed by atoms with E-state index in [0.717, 1.165) is 39.2 Å². The first kappa shape index (κ1) is 21.2. The van der Waals surface area contributed by atoms with Crippen molar-refractivity contribution < 1.29 is 13.5 Å². The summed E-state index contributed by atoms with van der Waals surface area (Å²) in [7, 11) is -1.09. The Balaban J connectivity index is 2.43.